The Morgan fingerprint density at radius 3 is 2.38 bits per heavy atom. The molecule has 24 heavy (non-hydrogen) atoms. The van der Waals surface area contributed by atoms with Gasteiger partial charge in [0.25, 0.3) is 5.91 Å². The van der Waals surface area contributed by atoms with Gasteiger partial charge >= 0.3 is 5.97 Å². The number of carboxylic acids is 1. The molecule has 1 aromatic heterocycles. The van der Waals surface area contributed by atoms with E-state index in [-0.39, 0.29) is 18.0 Å². The van der Waals surface area contributed by atoms with E-state index in [1.165, 1.54) is 0 Å². The van der Waals surface area contributed by atoms with E-state index in [0.29, 0.717) is 17.9 Å². The summed E-state index contributed by atoms with van der Waals surface area (Å²) in [5.74, 6) is -0.698. The molecule has 0 saturated carbocycles. The predicted octanol–water partition coefficient (Wildman–Crippen LogP) is 2.78. The van der Waals surface area contributed by atoms with Crippen molar-refractivity contribution >= 4 is 23.4 Å². The zero-order chi connectivity index (χ0) is 17.6. The molecule has 7 heteroatoms. The highest BCUT2D eigenvalue weighted by atomic mass is 16.4. The Bertz CT molecular complexity index is 700. The molecule has 0 saturated heterocycles. The van der Waals surface area contributed by atoms with Crippen molar-refractivity contribution in [2.45, 2.75) is 32.2 Å². The maximum Gasteiger partial charge on any atom is 0.303 e. The zero-order valence-electron chi connectivity index (χ0n) is 13.6. The van der Waals surface area contributed by atoms with Crippen LogP contribution in [0.4, 0.5) is 11.5 Å². The molecule has 0 bridgehead atoms. The Labute approximate surface area is 140 Å². The fraction of sp³-hybridized carbons (Fsp3) is 0.294. The van der Waals surface area contributed by atoms with Gasteiger partial charge in [0.2, 0.25) is 0 Å². The van der Waals surface area contributed by atoms with Crippen LogP contribution in [0.15, 0.2) is 42.5 Å². The molecule has 0 aliphatic heterocycles. The van der Waals surface area contributed by atoms with Crippen LogP contribution in [0, 0.1) is 0 Å². The lowest BCUT2D eigenvalue weighted by Crippen LogP contribution is -2.32. The van der Waals surface area contributed by atoms with E-state index < -0.39 is 11.5 Å². The number of para-hydroxylation sites is 1. The lowest BCUT2D eigenvalue weighted by Gasteiger charge is -2.25. The minimum absolute atomic E-state index is 0.0605. The molecule has 0 radical (unpaired) electrons. The summed E-state index contributed by atoms with van der Waals surface area (Å²) in [5.41, 5.74) is 0.440. The maximum atomic E-state index is 12.1. The fourth-order valence-electron chi connectivity index (χ4n) is 2.07. The number of nitrogens with one attached hydrogen (secondary N) is 2. The quantitative estimate of drug-likeness (QED) is 0.722. The molecule has 3 N–H and O–H groups in total. The first-order chi connectivity index (χ1) is 11.4. The third-order valence-corrected chi connectivity index (χ3v) is 3.36. The number of aliphatic carboxylic acids is 1. The summed E-state index contributed by atoms with van der Waals surface area (Å²) in [6, 6.07) is 12.3. The number of rotatable bonds is 7. The molecule has 0 fully saturated rings. The van der Waals surface area contributed by atoms with Crippen molar-refractivity contribution in [2.75, 3.05) is 10.6 Å². The highest BCUT2D eigenvalue weighted by Gasteiger charge is 2.20. The molecule has 1 amide bonds. The number of aromatic nitrogens is 2. The lowest BCUT2D eigenvalue weighted by atomic mass is 9.98. The fourth-order valence-corrected chi connectivity index (χ4v) is 2.07. The first-order valence-corrected chi connectivity index (χ1v) is 7.56. The van der Waals surface area contributed by atoms with E-state index in [0.717, 1.165) is 0 Å². The van der Waals surface area contributed by atoms with Gasteiger partial charge in [0.1, 0.15) is 5.82 Å². The highest BCUT2D eigenvalue weighted by molar-refractivity contribution is 6.02. The second kappa shape index (κ2) is 7.54. The van der Waals surface area contributed by atoms with Gasteiger partial charge in [-0.05, 0) is 44.5 Å². The third-order valence-electron chi connectivity index (χ3n) is 3.36. The molecule has 0 aliphatic carbocycles. The van der Waals surface area contributed by atoms with Gasteiger partial charge in [-0.3, -0.25) is 9.59 Å². The highest BCUT2D eigenvalue weighted by Crippen LogP contribution is 2.18. The smallest absolute Gasteiger partial charge is 0.303 e. The topological polar surface area (TPSA) is 104 Å². The molecule has 2 rings (SSSR count). The second-order valence-corrected chi connectivity index (χ2v) is 6.03. The molecule has 0 unspecified atom stereocenters. The summed E-state index contributed by atoms with van der Waals surface area (Å²) in [5, 5.41) is 22.5. The number of carbonyl (C=O) groups excluding carboxylic acids is 1. The van der Waals surface area contributed by atoms with Crippen LogP contribution in [0.2, 0.25) is 0 Å². The first-order valence-electron chi connectivity index (χ1n) is 7.56. The van der Waals surface area contributed by atoms with E-state index in [9.17, 15) is 9.59 Å². The summed E-state index contributed by atoms with van der Waals surface area (Å²) < 4.78 is 0. The van der Waals surface area contributed by atoms with Crippen molar-refractivity contribution in [1.29, 1.82) is 0 Å². The number of hydrogen-bond donors (Lipinski definition) is 3. The number of carbonyl (C=O) groups is 2. The van der Waals surface area contributed by atoms with Crippen molar-refractivity contribution in [1.82, 2.24) is 10.2 Å². The summed E-state index contributed by atoms with van der Waals surface area (Å²) >= 11 is 0. The van der Waals surface area contributed by atoms with Crippen molar-refractivity contribution < 1.29 is 14.7 Å². The Kier molecular flexibility index (Phi) is 5.47. The Morgan fingerprint density at radius 2 is 1.79 bits per heavy atom. The van der Waals surface area contributed by atoms with E-state index in [4.69, 9.17) is 5.11 Å². The molecule has 7 nitrogen and oxygen atoms in total. The standard InChI is InChI=1S/C17H20N4O3/c1-17(2,11-10-15(22)23)19-14-9-8-13(20-21-14)16(24)18-12-6-4-3-5-7-12/h3-9H,10-11H2,1-2H3,(H,18,24)(H,19,21)(H,22,23). The largest absolute Gasteiger partial charge is 0.481 e. The number of carboxylic acid groups (broad SMARTS) is 1. The summed E-state index contributed by atoms with van der Waals surface area (Å²) in [6.07, 6.45) is 0.505. The van der Waals surface area contributed by atoms with Crippen LogP contribution in [-0.4, -0.2) is 32.7 Å². The van der Waals surface area contributed by atoms with Crippen LogP contribution in [0.5, 0.6) is 0 Å². The monoisotopic (exact) mass is 328 g/mol. The van der Waals surface area contributed by atoms with Crippen molar-refractivity contribution in [2.24, 2.45) is 0 Å². The minimum Gasteiger partial charge on any atom is -0.481 e. The number of hydrogen-bond acceptors (Lipinski definition) is 5. The van der Waals surface area contributed by atoms with Crippen LogP contribution < -0.4 is 10.6 Å². The second-order valence-electron chi connectivity index (χ2n) is 6.03. The van der Waals surface area contributed by atoms with Crippen LogP contribution in [0.25, 0.3) is 0 Å². The van der Waals surface area contributed by atoms with Gasteiger partial charge < -0.3 is 15.7 Å². The van der Waals surface area contributed by atoms with Gasteiger partial charge in [0.15, 0.2) is 5.69 Å². The molecule has 0 spiro atoms. The molecule has 126 valence electrons. The van der Waals surface area contributed by atoms with Gasteiger partial charge in [-0.15, -0.1) is 10.2 Å². The van der Waals surface area contributed by atoms with Crippen LogP contribution in [-0.2, 0) is 4.79 Å². The van der Waals surface area contributed by atoms with Gasteiger partial charge in [-0.1, -0.05) is 18.2 Å². The van der Waals surface area contributed by atoms with Gasteiger partial charge in [0, 0.05) is 17.6 Å². The average Bonchev–Trinajstić information content (AvgIpc) is 2.54. The van der Waals surface area contributed by atoms with Crippen LogP contribution in [0.1, 0.15) is 37.2 Å². The van der Waals surface area contributed by atoms with Gasteiger partial charge in [0.05, 0.1) is 0 Å². The lowest BCUT2D eigenvalue weighted by molar-refractivity contribution is -0.137. The zero-order valence-corrected chi connectivity index (χ0v) is 13.6. The Balaban J connectivity index is 1.97. The summed E-state index contributed by atoms with van der Waals surface area (Å²) in [6.45, 7) is 3.77. The first kappa shape index (κ1) is 17.4. The number of benzene rings is 1. The maximum absolute atomic E-state index is 12.1. The molecular weight excluding hydrogens is 308 g/mol. The molecule has 1 heterocycles. The van der Waals surface area contributed by atoms with Crippen molar-refractivity contribution in [3.63, 3.8) is 0 Å². The van der Waals surface area contributed by atoms with Crippen LogP contribution in [0.3, 0.4) is 0 Å². The molecule has 0 aliphatic rings. The molecule has 0 atom stereocenters. The van der Waals surface area contributed by atoms with E-state index in [1.807, 2.05) is 32.0 Å². The summed E-state index contributed by atoms with van der Waals surface area (Å²) in [7, 11) is 0. The SMILES string of the molecule is CC(C)(CCC(=O)O)Nc1ccc(C(=O)Nc2ccccc2)nn1. The number of nitrogens with zero attached hydrogens (tertiary/aromatic N) is 2. The average molecular weight is 328 g/mol. The minimum atomic E-state index is -0.844. The predicted molar refractivity (Wildman–Crippen MR) is 91.0 cm³/mol. The third kappa shape index (κ3) is 5.35. The normalized spacial score (nSPS) is 10.9. The van der Waals surface area contributed by atoms with E-state index in [2.05, 4.69) is 20.8 Å². The number of anilines is 2. The van der Waals surface area contributed by atoms with Crippen molar-refractivity contribution in [3.05, 3.63) is 48.2 Å². The molecule has 2 aromatic rings. The molecule has 1 aromatic carbocycles. The van der Waals surface area contributed by atoms with E-state index in [1.54, 1.807) is 24.3 Å². The van der Waals surface area contributed by atoms with Gasteiger partial charge in [-0.25, -0.2) is 0 Å². The van der Waals surface area contributed by atoms with Crippen LogP contribution >= 0.6 is 0 Å². The summed E-state index contributed by atoms with van der Waals surface area (Å²) in [4.78, 5) is 22.8. The molecular formula is C17H20N4O3. The van der Waals surface area contributed by atoms with Gasteiger partial charge in [-0.2, -0.15) is 0 Å². The number of amides is 1. The Hall–Kier alpha value is -2.96. The Morgan fingerprint density at radius 1 is 1.08 bits per heavy atom. The van der Waals surface area contributed by atoms with Crippen molar-refractivity contribution in [3.8, 4) is 0 Å². The van der Waals surface area contributed by atoms with E-state index >= 15 is 0 Å².